The first-order chi connectivity index (χ1) is 9.81. The van der Waals surface area contributed by atoms with Gasteiger partial charge < -0.3 is 10.6 Å². The monoisotopic (exact) mass is 274 g/mol. The summed E-state index contributed by atoms with van der Waals surface area (Å²) in [6.07, 6.45) is 6.60. The van der Waals surface area contributed by atoms with Gasteiger partial charge in [0.05, 0.1) is 0 Å². The van der Waals surface area contributed by atoms with Gasteiger partial charge in [-0.15, -0.1) is 0 Å². The van der Waals surface area contributed by atoms with Gasteiger partial charge in [-0.3, -0.25) is 9.59 Å². The molecule has 2 rings (SSSR count). The van der Waals surface area contributed by atoms with E-state index >= 15 is 0 Å². The van der Waals surface area contributed by atoms with Crippen LogP contribution in [0.3, 0.4) is 0 Å². The molecule has 20 heavy (non-hydrogen) atoms. The minimum absolute atomic E-state index is 0.0472. The predicted octanol–water partition coefficient (Wildman–Crippen LogP) is 2.21. The molecule has 0 aromatic heterocycles. The summed E-state index contributed by atoms with van der Waals surface area (Å²) in [6, 6.07) is 7.98. The summed E-state index contributed by atoms with van der Waals surface area (Å²) in [5.74, 6) is 0.635. The Balaban J connectivity index is 1.79. The predicted molar refractivity (Wildman–Crippen MR) is 78.7 cm³/mol. The summed E-state index contributed by atoms with van der Waals surface area (Å²) >= 11 is 0. The maximum atomic E-state index is 11.9. The first kappa shape index (κ1) is 14.6. The number of hydrogen-bond donors (Lipinski definition) is 2. The zero-order valence-corrected chi connectivity index (χ0v) is 11.7. The van der Waals surface area contributed by atoms with Gasteiger partial charge in [-0.05, 0) is 42.9 Å². The first-order valence-corrected chi connectivity index (χ1v) is 7.36. The van der Waals surface area contributed by atoms with E-state index in [4.69, 9.17) is 0 Å². The molecule has 4 nitrogen and oxygen atoms in total. The average Bonchev–Trinajstić information content (AvgIpc) is 3.01. The molecule has 0 atom stereocenters. The third kappa shape index (κ3) is 4.08. The molecule has 0 bridgehead atoms. The molecule has 1 aromatic carbocycles. The Morgan fingerprint density at radius 3 is 2.50 bits per heavy atom. The van der Waals surface area contributed by atoms with Crippen LogP contribution >= 0.6 is 0 Å². The van der Waals surface area contributed by atoms with Crippen molar-refractivity contribution in [3.05, 3.63) is 35.4 Å². The Hall–Kier alpha value is -1.84. The van der Waals surface area contributed by atoms with Gasteiger partial charge in [-0.25, -0.2) is 0 Å². The van der Waals surface area contributed by atoms with Crippen LogP contribution in [-0.4, -0.2) is 25.4 Å². The quantitative estimate of drug-likeness (QED) is 0.591. The molecule has 1 aliphatic rings. The van der Waals surface area contributed by atoms with E-state index in [2.05, 4.69) is 22.8 Å². The molecule has 1 aromatic rings. The van der Waals surface area contributed by atoms with Crippen molar-refractivity contribution in [2.75, 3.05) is 13.1 Å². The number of nitrogens with one attached hydrogen (secondary N) is 2. The fourth-order valence-corrected chi connectivity index (χ4v) is 2.72. The molecule has 1 saturated carbocycles. The zero-order chi connectivity index (χ0) is 14.2. The minimum Gasteiger partial charge on any atom is -0.359 e. The van der Waals surface area contributed by atoms with Crippen LogP contribution in [-0.2, 0) is 4.79 Å². The Morgan fingerprint density at radius 2 is 1.85 bits per heavy atom. The maximum absolute atomic E-state index is 11.9. The van der Waals surface area contributed by atoms with Crippen LogP contribution in [0.2, 0.25) is 0 Å². The van der Waals surface area contributed by atoms with Crippen LogP contribution in [0.25, 0.3) is 0 Å². The maximum Gasteiger partial charge on any atom is 0.251 e. The van der Waals surface area contributed by atoms with Crippen molar-refractivity contribution in [1.82, 2.24) is 10.6 Å². The molecule has 0 unspecified atom stereocenters. The summed E-state index contributed by atoms with van der Waals surface area (Å²) in [5, 5.41) is 5.42. The van der Waals surface area contributed by atoms with Crippen molar-refractivity contribution in [3.63, 3.8) is 0 Å². The van der Waals surface area contributed by atoms with Crippen LogP contribution in [0.5, 0.6) is 0 Å². The number of rotatable bonds is 7. The van der Waals surface area contributed by atoms with Gasteiger partial charge in [-0.1, -0.05) is 25.0 Å². The lowest BCUT2D eigenvalue weighted by Gasteiger charge is -2.10. The topological polar surface area (TPSA) is 58.2 Å². The van der Waals surface area contributed by atoms with Gasteiger partial charge in [0.2, 0.25) is 6.41 Å². The van der Waals surface area contributed by atoms with Gasteiger partial charge in [-0.2, -0.15) is 0 Å². The number of amides is 2. The van der Waals surface area contributed by atoms with Crippen molar-refractivity contribution < 1.29 is 9.59 Å². The highest BCUT2D eigenvalue weighted by Crippen LogP contribution is 2.33. The average molecular weight is 274 g/mol. The highest BCUT2D eigenvalue weighted by molar-refractivity contribution is 5.94. The first-order valence-electron chi connectivity index (χ1n) is 7.36. The van der Waals surface area contributed by atoms with Gasteiger partial charge >= 0.3 is 0 Å². The van der Waals surface area contributed by atoms with E-state index in [0.29, 0.717) is 31.0 Å². The second-order valence-electron chi connectivity index (χ2n) is 5.28. The van der Waals surface area contributed by atoms with E-state index in [1.807, 2.05) is 12.1 Å². The lowest BCUT2D eigenvalue weighted by atomic mass is 9.96. The molecule has 0 aliphatic heterocycles. The smallest absolute Gasteiger partial charge is 0.251 e. The molecule has 0 heterocycles. The van der Waals surface area contributed by atoms with E-state index in [0.717, 1.165) is 6.42 Å². The van der Waals surface area contributed by atoms with Crippen molar-refractivity contribution in [3.8, 4) is 0 Å². The van der Waals surface area contributed by atoms with Crippen LogP contribution in [0.1, 0.15) is 53.9 Å². The van der Waals surface area contributed by atoms with Crippen LogP contribution < -0.4 is 10.6 Å². The minimum atomic E-state index is -0.0472. The van der Waals surface area contributed by atoms with Gasteiger partial charge in [0, 0.05) is 18.7 Å². The van der Waals surface area contributed by atoms with Gasteiger partial charge in [0.25, 0.3) is 5.91 Å². The standard InChI is InChI=1S/C16H22N2O2/c19-12-17-10-3-11-18-16(20)15-8-6-14(7-9-15)13-4-1-2-5-13/h6-9,12-13H,1-5,10-11H2,(H,17,19)(H,18,20). The summed E-state index contributed by atoms with van der Waals surface area (Å²) < 4.78 is 0. The highest BCUT2D eigenvalue weighted by atomic mass is 16.1. The molecule has 0 radical (unpaired) electrons. The van der Waals surface area contributed by atoms with Crippen molar-refractivity contribution in [2.24, 2.45) is 0 Å². The van der Waals surface area contributed by atoms with Crippen molar-refractivity contribution in [2.45, 2.75) is 38.0 Å². The summed E-state index contributed by atoms with van der Waals surface area (Å²) in [7, 11) is 0. The third-order valence-corrected chi connectivity index (χ3v) is 3.87. The Labute approximate surface area is 119 Å². The molecular weight excluding hydrogens is 252 g/mol. The van der Waals surface area contributed by atoms with E-state index in [-0.39, 0.29) is 5.91 Å². The lowest BCUT2D eigenvalue weighted by Crippen LogP contribution is -2.27. The molecule has 1 fully saturated rings. The second-order valence-corrected chi connectivity index (χ2v) is 5.28. The Bertz CT molecular complexity index is 436. The fraction of sp³-hybridized carbons (Fsp3) is 0.500. The van der Waals surface area contributed by atoms with Crippen molar-refractivity contribution in [1.29, 1.82) is 0 Å². The number of benzene rings is 1. The van der Waals surface area contributed by atoms with Gasteiger partial charge in [0.1, 0.15) is 0 Å². The summed E-state index contributed by atoms with van der Waals surface area (Å²) in [4.78, 5) is 22.0. The molecule has 0 spiro atoms. The molecular formula is C16H22N2O2. The molecule has 4 heteroatoms. The lowest BCUT2D eigenvalue weighted by molar-refractivity contribution is -0.109. The summed E-state index contributed by atoms with van der Waals surface area (Å²) in [5.41, 5.74) is 2.06. The number of carbonyl (C=O) groups is 2. The number of hydrogen-bond acceptors (Lipinski definition) is 2. The Morgan fingerprint density at radius 1 is 1.15 bits per heavy atom. The fourth-order valence-electron chi connectivity index (χ4n) is 2.72. The zero-order valence-electron chi connectivity index (χ0n) is 11.7. The van der Waals surface area contributed by atoms with Crippen LogP contribution in [0, 0.1) is 0 Å². The molecule has 108 valence electrons. The van der Waals surface area contributed by atoms with E-state index in [9.17, 15) is 9.59 Å². The van der Waals surface area contributed by atoms with E-state index in [1.54, 1.807) is 0 Å². The Kier molecular flexibility index (Phi) is 5.59. The molecule has 0 saturated heterocycles. The van der Waals surface area contributed by atoms with Crippen molar-refractivity contribution >= 4 is 12.3 Å². The third-order valence-electron chi connectivity index (χ3n) is 3.87. The van der Waals surface area contributed by atoms with Crippen LogP contribution in [0.4, 0.5) is 0 Å². The molecule has 2 N–H and O–H groups in total. The SMILES string of the molecule is O=CNCCCNC(=O)c1ccc(C2CCCC2)cc1. The van der Waals surface area contributed by atoms with E-state index in [1.165, 1.54) is 31.2 Å². The van der Waals surface area contributed by atoms with E-state index < -0.39 is 0 Å². The molecule has 2 amide bonds. The second kappa shape index (κ2) is 7.68. The largest absolute Gasteiger partial charge is 0.359 e. The highest BCUT2D eigenvalue weighted by Gasteiger charge is 2.17. The van der Waals surface area contributed by atoms with Crippen LogP contribution in [0.15, 0.2) is 24.3 Å². The van der Waals surface area contributed by atoms with Gasteiger partial charge in [0.15, 0.2) is 0 Å². The summed E-state index contributed by atoms with van der Waals surface area (Å²) in [6.45, 7) is 1.16. The normalized spacial score (nSPS) is 15.0. The molecule has 1 aliphatic carbocycles. The number of carbonyl (C=O) groups excluding carboxylic acids is 2.